The summed E-state index contributed by atoms with van der Waals surface area (Å²) in [6.45, 7) is 0. The van der Waals surface area contributed by atoms with E-state index in [4.69, 9.17) is 11.6 Å². The number of halogens is 4. The third kappa shape index (κ3) is 5.28. The molecule has 156 valence electrons. The fourth-order valence-corrected chi connectivity index (χ4v) is 3.54. The first-order chi connectivity index (χ1) is 14.0. The number of nitrogens with one attached hydrogen (secondary N) is 2. The molecule has 1 amide bonds. The molecule has 0 atom stereocenters. The maximum atomic E-state index is 12.8. The smallest absolute Gasteiger partial charge is 0.322 e. The van der Waals surface area contributed by atoms with Gasteiger partial charge in [-0.05, 0) is 48.5 Å². The average Bonchev–Trinajstić information content (AvgIpc) is 2.68. The quantitative estimate of drug-likeness (QED) is 0.540. The van der Waals surface area contributed by atoms with Gasteiger partial charge in [0, 0.05) is 23.1 Å². The van der Waals surface area contributed by atoms with Gasteiger partial charge in [-0.1, -0.05) is 23.7 Å². The topological polar surface area (TPSA) is 88.2 Å². The highest BCUT2D eigenvalue weighted by molar-refractivity contribution is 7.92. The fourth-order valence-electron chi connectivity index (χ4n) is 2.44. The van der Waals surface area contributed by atoms with Crippen molar-refractivity contribution >= 4 is 38.9 Å². The number of alkyl halides is 3. The summed E-state index contributed by atoms with van der Waals surface area (Å²) >= 11 is 5.65. The second-order valence-corrected chi connectivity index (χ2v) is 8.11. The Bertz CT molecular complexity index is 1180. The van der Waals surface area contributed by atoms with Crippen LogP contribution >= 0.6 is 11.6 Å². The Morgan fingerprint density at radius 1 is 0.967 bits per heavy atom. The summed E-state index contributed by atoms with van der Waals surface area (Å²) in [5.41, 5.74) is -0.824. The van der Waals surface area contributed by atoms with Crippen molar-refractivity contribution in [3.8, 4) is 0 Å². The maximum Gasteiger partial charge on any atom is 0.416 e. The fraction of sp³-hybridized carbons (Fsp3) is 0.0526. The van der Waals surface area contributed by atoms with Crippen LogP contribution in [0.25, 0.3) is 0 Å². The Balaban J connectivity index is 1.78. The summed E-state index contributed by atoms with van der Waals surface area (Å²) in [5.74, 6) is -0.705. The number of anilines is 2. The number of amides is 1. The van der Waals surface area contributed by atoms with E-state index in [2.05, 4.69) is 15.0 Å². The lowest BCUT2D eigenvalue weighted by Gasteiger charge is -2.11. The minimum atomic E-state index is -4.55. The minimum absolute atomic E-state index is 0.0434. The maximum absolute atomic E-state index is 12.8. The van der Waals surface area contributed by atoms with Crippen LogP contribution in [0.3, 0.4) is 0 Å². The lowest BCUT2D eigenvalue weighted by atomic mass is 10.1. The number of hydrogen-bond donors (Lipinski definition) is 2. The molecule has 0 aliphatic rings. The van der Waals surface area contributed by atoms with E-state index in [9.17, 15) is 26.4 Å². The summed E-state index contributed by atoms with van der Waals surface area (Å²) in [7, 11) is -3.98. The third-order valence-electron chi connectivity index (χ3n) is 3.84. The molecule has 0 saturated heterocycles. The lowest BCUT2D eigenvalue weighted by molar-refractivity contribution is -0.137. The molecule has 0 radical (unpaired) electrons. The summed E-state index contributed by atoms with van der Waals surface area (Å²) in [4.78, 5) is 16.0. The highest BCUT2D eigenvalue weighted by Gasteiger charge is 2.30. The van der Waals surface area contributed by atoms with Gasteiger partial charge >= 0.3 is 6.18 Å². The Morgan fingerprint density at radius 2 is 1.67 bits per heavy atom. The van der Waals surface area contributed by atoms with Crippen LogP contribution in [0.2, 0.25) is 5.15 Å². The predicted molar refractivity (Wildman–Crippen MR) is 106 cm³/mol. The lowest BCUT2D eigenvalue weighted by Crippen LogP contribution is -2.15. The van der Waals surface area contributed by atoms with Gasteiger partial charge in [0.2, 0.25) is 0 Å². The van der Waals surface area contributed by atoms with E-state index in [0.717, 1.165) is 18.3 Å². The number of pyridine rings is 1. The van der Waals surface area contributed by atoms with Crippen LogP contribution in [0.5, 0.6) is 0 Å². The molecule has 1 aromatic heterocycles. The average molecular weight is 456 g/mol. The number of carbonyl (C=O) groups is 1. The number of rotatable bonds is 5. The van der Waals surface area contributed by atoms with Gasteiger partial charge in [-0.2, -0.15) is 13.2 Å². The molecule has 30 heavy (non-hydrogen) atoms. The Kier molecular flexibility index (Phi) is 5.99. The van der Waals surface area contributed by atoms with E-state index >= 15 is 0 Å². The van der Waals surface area contributed by atoms with E-state index in [1.54, 1.807) is 0 Å². The summed E-state index contributed by atoms with van der Waals surface area (Å²) in [6.07, 6.45) is -3.47. The molecular weight excluding hydrogens is 443 g/mol. The minimum Gasteiger partial charge on any atom is -0.322 e. The Hall–Kier alpha value is -3.11. The Morgan fingerprint density at radius 3 is 2.33 bits per heavy atom. The van der Waals surface area contributed by atoms with Gasteiger partial charge in [0.25, 0.3) is 15.9 Å². The van der Waals surface area contributed by atoms with Crippen molar-refractivity contribution in [1.82, 2.24) is 4.98 Å². The van der Waals surface area contributed by atoms with Crippen molar-refractivity contribution in [2.24, 2.45) is 0 Å². The van der Waals surface area contributed by atoms with Crippen molar-refractivity contribution in [1.29, 1.82) is 0 Å². The van der Waals surface area contributed by atoms with Gasteiger partial charge in [-0.15, -0.1) is 0 Å². The van der Waals surface area contributed by atoms with Gasteiger partial charge < -0.3 is 5.32 Å². The van der Waals surface area contributed by atoms with E-state index < -0.39 is 27.7 Å². The third-order valence-corrected chi connectivity index (χ3v) is 5.43. The first kappa shape index (κ1) is 21.6. The second kappa shape index (κ2) is 8.33. The second-order valence-electron chi connectivity index (χ2n) is 6.04. The zero-order chi connectivity index (χ0) is 21.9. The standard InChI is InChI=1S/C19H13ClF3N3O3S/c20-17-8-7-16(11-24-17)30(28,29)26-15-6-1-3-12(9-15)18(27)25-14-5-2-4-13(10-14)19(21,22)23/h1-11,26H,(H,25,27). The Labute approximate surface area is 174 Å². The van der Waals surface area contributed by atoms with Crippen LogP contribution in [0, 0.1) is 0 Å². The number of carbonyl (C=O) groups excluding carboxylic acids is 1. The predicted octanol–water partition coefficient (Wildman–Crippen LogP) is 4.81. The van der Waals surface area contributed by atoms with Crippen molar-refractivity contribution < 1.29 is 26.4 Å². The number of sulfonamides is 1. The number of aromatic nitrogens is 1. The van der Waals surface area contributed by atoms with Crippen LogP contribution in [-0.4, -0.2) is 19.3 Å². The molecular formula is C19H13ClF3N3O3S. The number of hydrogen-bond acceptors (Lipinski definition) is 4. The van der Waals surface area contributed by atoms with Gasteiger partial charge in [-0.3, -0.25) is 9.52 Å². The number of nitrogens with zero attached hydrogens (tertiary/aromatic N) is 1. The molecule has 1 heterocycles. The van der Waals surface area contributed by atoms with Crippen molar-refractivity contribution in [3.63, 3.8) is 0 Å². The van der Waals surface area contributed by atoms with Crippen molar-refractivity contribution in [2.75, 3.05) is 10.0 Å². The van der Waals surface area contributed by atoms with E-state index in [0.29, 0.717) is 0 Å². The number of benzene rings is 2. The molecule has 0 saturated carbocycles. The van der Waals surface area contributed by atoms with Crippen LogP contribution in [-0.2, 0) is 16.2 Å². The first-order valence-electron chi connectivity index (χ1n) is 8.28. The molecule has 0 unspecified atom stereocenters. The largest absolute Gasteiger partial charge is 0.416 e. The molecule has 0 fully saturated rings. The van der Waals surface area contributed by atoms with Crippen LogP contribution in [0.4, 0.5) is 24.5 Å². The zero-order valence-corrected chi connectivity index (χ0v) is 16.5. The molecule has 0 bridgehead atoms. The molecule has 2 N–H and O–H groups in total. The van der Waals surface area contributed by atoms with E-state index in [-0.39, 0.29) is 27.0 Å². The highest BCUT2D eigenvalue weighted by atomic mass is 35.5. The summed E-state index contributed by atoms with van der Waals surface area (Å²) in [6, 6.07) is 12.2. The van der Waals surface area contributed by atoms with Crippen LogP contribution in [0.1, 0.15) is 15.9 Å². The first-order valence-corrected chi connectivity index (χ1v) is 10.1. The summed E-state index contributed by atoms with van der Waals surface area (Å²) in [5, 5.41) is 2.48. The monoisotopic (exact) mass is 455 g/mol. The van der Waals surface area contributed by atoms with Crippen molar-refractivity contribution in [2.45, 2.75) is 11.1 Å². The molecule has 0 aliphatic heterocycles. The van der Waals surface area contributed by atoms with E-state index in [1.807, 2.05) is 0 Å². The van der Waals surface area contributed by atoms with E-state index in [1.165, 1.54) is 48.5 Å². The molecule has 3 aromatic rings. The van der Waals surface area contributed by atoms with Gasteiger partial charge in [0.1, 0.15) is 10.0 Å². The van der Waals surface area contributed by atoms with Crippen LogP contribution < -0.4 is 10.0 Å². The molecule has 2 aromatic carbocycles. The van der Waals surface area contributed by atoms with Crippen LogP contribution in [0.15, 0.2) is 71.8 Å². The van der Waals surface area contributed by atoms with Gasteiger partial charge in [0.05, 0.1) is 5.56 Å². The summed E-state index contributed by atoms with van der Waals surface area (Å²) < 4.78 is 65.6. The van der Waals surface area contributed by atoms with Gasteiger partial charge in [0.15, 0.2) is 0 Å². The van der Waals surface area contributed by atoms with Crippen molar-refractivity contribution in [3.05, 3.63) is 83.1 Å². The zero-order valence-electron chi connectivity index (χ0n) is 14.9. The normalized spacial score (nSPS) is 11.7. The molecule has 0 aliphatic carbocycles. The molecule has 3 rings (SSSR count). The van der Waals surface area contributed by atoms with Gasteiger partial charge in [-0.25, -0.2) is 13.4 Å². The molecule has 11 heteroatoms. The molecule has 0 spiro atoms. The molecule has 6 nitrogen and oxygen atoms in total. The highest BCUT2D eigenvalue weighted by Crippen LogP contribution is 2.30. The SMILES string of the molecule is O=C(Nc1cccc(C(F)(F)F)c1)c1cccc(NS(=O)(=O)c2ccc(Cl)nc2)c1.